The number of carbonyl (C=O) groups is 1. The lowest BCUT2D eigenvalue weighted by Gasteiger charge is -2.25. The van der Waals surface area contributed by atoms with Crippen molar-refractivity contribution in [1.82, 2.24) is 5.32 Å². The molecule has 0 heterocycles. The van der Waals surface area contributed by atoms with Crippen LogP contribution in [0.2, 0.25) is 0 Å². The molecule has 2 atom stereocenters. The fraction of sp³-hybridized carbons (Fsp3) is 0.533. The van der Waals surface area contributed by atoms with Gasteiger partial charge in [0, 0.05) is 10.1 Å². The summed E-state index contributed by atoms with van der Waals surface area (Å²) in [6, 6.07) is 8.56. The van der Waals surface area contributed by atoms with Gasteiger partial charge in [0.05, 0.1) is 7.11 Å². The molecular weight excluding hydrogens is 258 g/mol. The van der Waals surface area contributed by atoms with Crippen molar-refractivity contribution >= 4 is 17.7 Å². The van der Waals surface area contributed by atoms with E-state index in [1.807, 2.05) is 18.8 Å². The molecule has 0 aromatic heterocycles. The van der Waals surface area contributed by atoms with E-state index in [-0.39, 0.29) is 5.97 Å². The van der Waals surface area contributed by atoms with E-state index in [0.717, 1.165) is 19.3 Å². The van der Waals surface area contributed by atoms with Crippen LogP contribution in [0.1, 0.15) is 24.8 Å². The topological polar surface area (TPSA) is 38.3 Å². The molecule has 0 amide bonds. The zero-order valence-electron chi connectivity index (χ0n) is 11.7. The van der Waals surface area contributed by atoms with Gasteiger partial charge in [0.25, 0.3) is 0 Å². The molecular formula is C15H21NO2S. The number of carbonyl (C=O) groups excluding carboxylic acids is 1. The van der Waals surface area contributed by atoms with Gasteiger partial charge in [-0.05, 0) is 45.4 Å². The van der Waals surface area contributed by atoms with Crippen LogP contribution in [0.15, 0.2) is 29.2 Å². The van der Waals surface area contributed by atoms with Gasteiger partial charge in [-0.3, -0.25) is 4.79 Å². The number of methoxy groups -OCH3 is 1. The van der Waals surface area contributed by atoms with E-state index < -0.39 is 5.54 Å². The monoisotopic (exact) mass is 279 g/mol. The van der Waals surface area contributed by atoms with Gasteiger partial charge in [-0.2, -0.15) is 0 Å². The molecule has 1 aliphatic rings. The highest BCUT2D eigenvalue weighted by Gasteiger charge is 2.45. The molecule has 1 N–H and O–H groups in total. The zero-order chi connectivity index (χ0) is 13.9. The molecule has 0 aliphatic heterocycles. The molecule has 0 bridgehead atoms. The maximum atomic E-state index is 11.9. The molecule has 19 heavy (non-hydrogen) atoms. The lowest BCUT2D eigenvalue weighted by atomic mass is 9.98. The second-order valence-electron chi connectivity index (χ2n) is 5.12. The first-order chi connectivity index (χ1) is 9.09. The number of hydrogen-bond donors (Lipinski definition) is 1. The Morgan fingerprint density at radius 1 is 1.42 bits per heavy atom. The summed E-state index contributed by atoms with van der Waals surface area (Å²) in [6.45, 7) is 2.09. The zero-order valence-corrected chi connectivity index (χ0v) is 12.5. The molecule has 2 rings (SSSR count). The number of rotatable bonds is 4. The Kier molecular flexibility index (Phi) is 4.53. The van der Waals surface area contributed by atoms with Crippen LogP contribution < -0.4 is 5.32 Å². The number of esters is 1. The minimum atomic E-state index is -0.489. The van der Waals surface area contributed by atoms with Crippen molar-refractivity contribution < 1.29 is 9.53 Å². The molecule has 104 valence electrons. The molecule has 4 heteroatoms. The van der Waals surface area contributed by atoms with Crippen molar-refractivity contribution in [3.63, 3.8) is 0 Å². The summed E-state index contributed by atoms with van der Waals surface area (Å²) >= 11 is 1.86. The van der Waals surface area contributed by atoms with Gasteiger partial charge >= 0.3 is 5.97 Å². The molecule has 0 spiro atoms. The maximum Gasteiger partial charge on any atom is 0.326 e. The number of benzene rings is 1. The molecule has 1 aliphatic carbocycles. The largest absolute Gasteiger partial charge is 0.468 e. The Labute approximate surface area is 119 Å². The van der Waals surface area contributed by atoms with E-state index in [1.165, 1.54) is 17.6 Å². The van der Waals surface area contributed by atoms with Crippen LogP contribution in [-0.2, 0) is 9.53 Å². The van der Waals surface area contributed by atoms with Gasteiger partial charge < -0.3 is 10.1 Å². The summed E-state index contributed by atoms with van der Waals surface area (Å²) in [7, 11) is 3.30. The Morgan fingerprint density at radius 2 is 2.11 bits per heavy atom. The average Bonchev–Trinajstić information content (AvgIpc) is 2.85. The third kappa shape index (κ3) is 3.12. The second kappa shape index (κ2) is 5.97. The van der Waals surface area contributed by atoms with Crippen LogP contribution in [0.4, 0.5) is 0 Å². The predicted octanol–water partition coefficient (Wildman–Crippen LogP) is 2.77. The first-order valence-corrected chi connectivity index (χ1v) is 7.48. The summed E-state index contributed by atoms with van der Waals surface area (Å²) in [5, 5.41) is 3.63. The number of ether oxygens (including phenoxy) is 1. The summed E-state index contributed by atoms with van der Waals surface area (Å²) in [4.78, 5) is 13.2. The standard InChI is InChI=1S/C15H21NO2S/c1-11-4-6-12(7-5-11)19-13-8-9-15(10-13,16-2)14(17)18-3/h4-7,13,16H,8-10H2,1-3H3. The van der Waals surface area contributed by atoms with E-state index in [2.05, 4.69) is 36.5 Å². The Hall–Kier alpha value is -1.00. The van der Waals surface area contributed by atoms with Gasteiger partial charge in [0.15, 0.2) is 0 Å². The SMILES string of the molecule is CNC1(C(=O)OC)CCC(Sc2ccc(C)cc2)C1. The van der Waals surface area contributed by atoms with E-state index in [9.17, 15) is 4.79 Å². The summed E-state index contributed by atoms with van der Waals surface area (Å²) in [6.07, 6.45) is 2.71. The van der Waals surface area contributed by atoms with Crippen LogP contribution >= 0.6 is 11.8 Å². The molecule has 1 aromatic rings. The minimum absolute atomic E-state index is 0.137. The molecule has 0 saturated heterocycles. The number of hydrogen-bond acceptors (Lipinski definition) is 4. The van der Waals surface area contributed by atoms with Gasteiger partial charge in [0.2, 0.25) is 0 Å². The number of likely N-dealkylation sites (N-methyl/N-ethyl adjacent to an activating group) is 1. The molecule has 0 radical (unpaired) electrons. The summed E-state index contributed by atoms with van der Waals surface area (Å²) in [5.74, 6) is -0.137. The molecule has 1 fully saturated rings. The van der Waals surface area contributed by atoms with Crippen molar-refractivity contribution in [3.8, 4) is 0 Å². The lowest BCUT2D eigenvalue weighted by molar-refractivity contribution is -0.148. The highest BCUT2D eigenvalue weighted by molar-refractivity contribution is 8.00. The van der Waals surface area contributed by atoms with Crippen LogP contribution in [-0.4, -0.2) is 30.9 Å². The average molecular weight is 279 g/mol. The number of nitrogens with one attached hydrogen (secondary N) is 1. The minimum Gasteiger partial charge on any atom is -0.468 e. The van der Waals surface area contributed by atoms with Crippen molar-refractivity contribution in [1.29, 1.82) is 0 Å². The molecule has 1 aromatic carbocycles. The van der Waals surface area contributed by atoms with Crippen molar-refractivity contribution in [3.05, 3.63) is 29.8 Å². The van der Waals surface area contributed by atoms with Crippen LogP contribution in [0.25, 0.3) is 0 Å². The second-order valence-corrected chi connectivity index (χ2v) is 6.49. The third-order valence-corrected chi connectivity index (χ3v) is 5.13. The maximum absolute atomic E-state index is 11.9. The normalized spacial score (nSPS) is 26.4. The summed E-state index contributed by atoms with van der Waals surface area (Å²) < 4.78 is 4.93. The number of thioether (sulfide) groups is 1. The van der Waals surface area contributed by atoms with E-state index in [4.69, 9.17) is 4.74 Å². The molecule has 3 nitrogen and oxygen atoms in total. The van der Waals surface area contributed by atoms with Crippen LogP contribution in [0.5, 0.6) is 0 Å². The van der Waals surface area contributed by atoms with Crippen LogP contribution in [0.3, 0.4) is 0 Å². The van der Waals surface area contributed by atoms with Gasteiger partial charge in [-0.15, -0.1) is 11.8 Å². The summed E-state index contributed by atoms with van der Waals surface area (Å²) in [5.41, 5.74) is 0.784. The highest BCUT2D eigenvalue weighted by atomic mass is 32.2. The van der Waals surface area contributed by atoms with E-state index >= 15 is 0 Å². The number of aryl methyl sites for hydroxylation is 1. The smallest absolute Gasteiger partial charge is 0.326 e. The van der Waals surface area contributed by atoms with Gasteiger partial charge in [-0.25, -0.2) is 0 Å². The molecule has 2 unspecified atom stereocenters. The van der Waals surface area contributed by atoms with Crippen molar-refractivity contribution in [2.45, 2.75) is 41.9 Å². The first kappa shape index (κ1) is 14.4. The lowest BCUT2D eigenvalue weighted by Crippen LogP contribution is -2.49. The Bertz CT molecular complexity index is 446. The molecule has 1 saturated carbocycles. The Morgan fingerprint density at radius 3 is 2.68 bits per heavy atom. The van der Waals surface area contributed by atoms with E-state index in [1.54, 1.807) is 0 Å². The van der Waals surface area contributed by atoms with Gasteiger partial charge in [0.1, 0.15) is 5.54 Å². The third-order valence-electron chi connectivity index (χ3n) is 3.85. The van der Waals surface area contributed by atoms with Crippen molar-refractivity contribution in [2.24, 2.45) is 0 Å². The van der Waals surface area contributed by atoms with Crippen molar-refractivity contribution in [2.75, 3.05) is 14.2 Å². The fourth-order valence-corrected chi connectivity index (χ4v) is 3.90. The predicted molar refractivity (Wildman–Crippen MR) is 78.5 cm³/mol. The Balaban J connectivity index is 2.01. The quantitative estimate of drug-likeness (QED) is 0.860. The van der Waals surface area contributed by atoms with E-state index in [0.29, 0.717) is 5.25 Å². The fourth-order valence-electron chi connectivity index (χ4n) is 2.62. The van der Waals surface area contributed by atoms with Gasteiger partial charge in [-0.1, -0.05) is 17.7 Å². The van der Waals surface area contributed by atoms with Crippen LogP contribution in [0, 0.1) is 6.92 Å². The highest BCUT2D eigenvalue weighted by Crippen LogP contribution is 2.40. The first-order valence-electron chi connectivity index (χ1n) is 6.60.